The third kappa shape index (κ3) is 4.37. The first kappa shape index (κ1) is 21.2. The zero-order valence-corrected chi connectivity index (χ0v) is 17.6. The number of amides is 2. The van der Waals surface area contributed by atoms with Crippen molar-refractivity contribution in [3.8, 4) is 16.9 Å². The summed E-state index contributed by atoms with van der Waals surface area (Å²) in [4.78, 5) is 16.5. The van der Waals surface area contributed by atoms with E-state index in [1.807, 2.05) is 37.3 Å². The second-order valence-corrected chi connectivity index (χ2v) is 7.31. The molecule has 2 amide bonds. The molecule has 0 aliphatic carbocycles. The molecule has 4 rings (SSSR count). The van der Waals surface area contributed by atoms with E-state index in [1.165, 1.54) is 6.07 Å². The lowest BCUT2D eigenvalue weighted by Crippen LogP contribution is -2.28. The Labute approximate surface area is 184 Å². The molecule has 0 spiro atoms. The fourth-order valence-corrected chi connectivity index (χ4v) is 3.63. The van der Waals surface area contributed by atoms with Gasteiger partial charge in [0.15, 0.2) is 0 Å². The van der Waals surface area contributed by atoms with E-state index in [0.29, 0.717) is 6.07 Å². The molecule has 32 heavy (non-hydrogen) atoms. The maximum Gasteiger partial charge on any atom is 0.319 e. The molecule has 0 unspecified atom stereocenters. The van der Waals surface area contributed by atoms with Gasteiger partial charge in [-0.15, -0.1) is 0 Å². The summed E-state index contributed by atoms with van der Waals surface area (Å²) in [6.45, 7) is 2.20. The molecule has 0 aliphatic rings. The number of benzene rings is 3. The number of nitrogens with one attached hydrogen (secondary N) is 2. The Morgan fingerprint density at radius 1 is 1.03 bits per heavy atom. The van der Waals surface area contributed by atoms with Gasteiger partial charge < -0.3 is 15.4 Å². The van der Waals surface area contributed by atoms with E-state index < -0.39 is 17.7 Å². The minimum atomic E-state index is -0.839. The topological polar surface area (TPSA) is 63.2 Å². The Kier molecular flexibility index (Phi) is 5.98. The van der Waals surface area contributed by atoms with Crippen molar-refractivity contribution in [1.82, 2.24) is 10.3 Å². The van der Waals surface area contributed by atoms with Gasteiger partial charge in [-0.1, -0.05) is 18.2 Å². The Morgan fingerprint density at radius 2 is 1.88 bits per heavy atom. The SMILES string of the molecule is COc1ccc(-c2ccc(CNC(=O)Nc3ccc(F)cc3F)c3cnccc23)cc1C. The van der Waals surface area contributed by atoms with Crippen molar-refractivity contribution in [3.63, 3.8) is 0 Å². The van der Waals surface area contributed by atoms with Crippen molar-refractivity contribution in [3.05, 3.63) is 89.8 Å². The number of anilines is 1. The monoisotopic (exact) mass is 433 g/mol. The normalized spacial score (nSPS) is 10.8. The van der Waals surface area contributed by atoms with Crippen molar-refractivity contribution in [2.75, 3.05) is 12.4 Å². The van der Waals surface area contributed by atoms with Gasteiger partial charge in [-0.3, -0.25) is 4.98 Å². The number of pyridine rings is 1. The number of aryl methyl sites for hydroxylation is 1. The maximum atomic E-state index is 13.8. The molecule has 5 nitrogen and oxygen atoms in total. The highest BCUT2D eigenvalue weighted by Crippen LogP contribution is 2.33. The molecule has 4 aromatic rings. The minimum absolute atomic E-state index is 0.0966. The summed E-state index contributed by atoms with van der Waals surface area (Å²) in [5, 5.41) is 6.99. The number of carbonyl (C=O) groups excluding carboxylic acids is 1. The number of hydrogen-bond acceptors (Lipinski definition) is 3. The smallest absolute Gasteiger partial charge is 0.319 e. The molecule has 0 bridgehead atoms. The van der Waals surface area contributed by atoms with E-state index in [-0.39, 0.29) is 12.2 Å². The molecule has 2 N–H and O–H groups in total. The number of halogens is 2. The highest BCUT2D eigenvalue weighted by molar-refractivity contribution is 5.98. The van der Waals surface area contributed by atoms with Crippen LogP contribution in [0.25, 0.3) is 21.9 Å². The van der Waals surface area contributed by atoms with Crippen LogP contribution >= 0.6 is 0 Å². The van der Waals surface area contributed by atoms with Gasteiger partial charge in [0, 0.05) is 30.4 Å². The van der Waals surface area contributed by atoms with Gasteiger partial charge in [0.05, 0.1) is 12.8 Å². The van der Waals surface area contributed by atoms with Crippen LogP contribution in [0.4, 0.5) is 19.3 Å². The molecule has 1 aromatic heterocycles. The molecule has 0 saturated carbocycles. The quantitative estimate of drug-likeness (QED) is 0.417. The zero-order valence-electron chi connectivity index (χ0n) is 17.6. The van der Waals surface area contributed by atoms with E-state index in [0.717, 1.165) is 44.8 Å². The lowest BCUT2D eigenvalue weighted by atomic mass is 9.95. The molecule has 0 radical (unpaired) electrons. The Hall–Kier alpha value is -4.00. The number of methoxy groups -OCH3 is 1. The second-order valence-electron chi connectivity index (χ2n) is 7.31. The molecule has 0 atom stereocenters. The van der Waals surface area contributed by atoms with Crippen LogP contribution in [0, 0.1) is 18.6 Å². The van der Waals surface area contributed by atoms with Crippen LogP contribution in [0.3, 0.4) is 0 Å². The van der Waals surface area contributed by atoms with Gasteiger partial charge in [-0.25, -0.2) is 13.6 Å². The van der Waals surface area contributed by atoms with Crippen LogP contribution in [-0.4, -0.2) is 18.1 Å². The Balaban J connectivity index is 1.57. The minimum Gasteiger partial charge on any atom is -0.496 e. The number of hydrogen-bond donors (Lipinski definition) is 2. The molecule has 0 saturated heterocycles. The van der Waals surface area contributed by atoms with Crippen LogP contribution in [0.15, 0.2) is 67.0 Å². The number of urea groups is 1. The van der Waals surface area contributed by atoms with E-state index in [2.05, 4.69) is 21.7 Å². The van der Waals surface area contributed by atoms with Crippen molar-refractivity contribution in [1.29, 1.82) is 0 Å². The number of nitrogens with zero attached hydrogens (tertiary/aromatic N) is 1. The maximum absolute atomic E-state index is 13.8. The van der Waals surface area contributed by atoms with Crippen molar-refractivity contribution in [2.45, 2.75) is 13.5 Å². The summed E-state index contributed by atoms with van der Waals surface area (Å²) in [5.74, 6) is -0.724. The lowest BCUT2D eigenvalue weighted by molar-refractivity contribution is 0.251. The zero-order chi connectivity index (χ0) is 22.7. The largest absolute Gasteiger partial charge is 0.496 e. The first-order valence-corrected chi connectivity index (χ1v) is 9.97. The van der Waals surface area contributed by atoms with E-state index in [9.17, 15) is 13.6 Å². The van der Waals surface area contributed by atoms with Crippen molar-refractivity contribution in [2.24, 2.45) is 0 Å². The number of rotatable bonds is 5. The number of ether oxygens (including phenoxy) is 1. The number of aromatic nitrogens is 1. The van der Waals surface area contributed by atoms with Gasteiger partial charge in [-0.2, -0.15) is 0 Å². The van der Waals surface area contributed by atoms with Crippen LogP contribution in [0.5, 0.6) is 5.75 Å². The number of carbonyl (C=O) groups is 1. The highest BCUT2D eigenvalue weighted by Gasteiger charge is 2.12. The Morgan fingerprint density at radius 3 is 2.62 bits per heavy atom. The molecule has 3 aromatic carbocycles. The average Bonchev–Trinajstić information content (AvgIpc) is 2.79. The third-order valence-electron chi connectivity index (χ3n) is 5.23. The first-order valence-electron chi connectivity index (χ1n) is 9.97. The molecule has 7 heteroatoms. The number of fused-ring (bicyclic) bond motifs is 1. The van der Waals surface area contributed by atoms with Gasteiger partial charge in [-0.05, 0) is 64.9 Å². The highest BCUT2D eigenvalue weighted by atomic mass is 19.1. The third-order valence-corrected chi connectivity index (χ3v) is 5.23. The van der Waals surface area contributed by atoms with Crippen LogP contribution in [0.2, 0.25) is 0 Å². The Bertz CT molecular complexity index is 1310. The van der Waals surface area contributed by atoms with E-state index >= 15 is 0 Å². The molecule has 0 aliphatic heterocycles. The second kappa shape index (κ2) is 9.01. The molecule has 1 heterocycles. The standard InChI is InChI=1S/C25H21F2N3O2/c1-15-11-16(4-8-24(15)32-2)19-6-3-17(21-14-28-10-9-20(19)21)13-29-25(31)30-23-7-5-18(26)12-22(23)27/h3-12,14H,13H2,1-2H3,(H2,29,30,31). The predicted molar refractivity (Wildman–Crippen MR) is 121 cm³/mol. The van der Waals surface area contributed by atoms with Gasteiger partial charge in [0.2, 0.25) is 0 Å². The van der Waals surface area contributed by atoms with Crippen LogP contribution < -0.4 is 15.4 Å². The van der Waals surface area contributed by atoms with Gasteiger partial charge in [0.25, 0.3) is 0 Å². The molecule has 0 fully saturated rings. The summed E-state index contributed by atoms with van der Waals surface area (Å²) < 4.78 is 32.2. The molecular formula is C25H21F2N3O2. The van der Waals surface area contributed by atoms with Crippen LogP contribution in [-0.2, 0) is 6.54 Å². The van der Waals surface area contributed by atoms with Crippen molar-refractivity contribution < 1.29 is 18.3 Å². The van der Waals surface area contributed by atoms with E-state index in [1.54, 1.807) is 19.5 Å². The van der Waals surface area contributed by atoms with E-state index in [4.69, 9.17) is 4.74 Å². The molecule has 162 valence electrons. The van der Waals surface area contributed by atoms with Crippen LogP contribution in [0.1, 0.15) is 11.1 Å². The average molecular weight is 433 g/mol. The summed E-state index contributed by atoms with van der Waals surface area (Å²) in [5.41, 5.74) is 3.87. The predicted octanol–water partition coefficient (Wildman–Crippen LogP) is 5.82. The fourth-order valence-electron chi connectivity index (χ4n) is 3.63. The fraction of sp³-hybridized carbons (Fsp3) is 0.120. The lowest BCUT2D eigenvalue weighted by Gasteiger charge is -2.14. The van der Waals surface area contributed by atoms with Gasteiger partial charge >= 0.3 is 6.03 Å². The first-order chi connectivity index (χ1) is 15.5. The summed E-state index contributed by atoms with van der Waals surface area (Å²) in [6, 6.07) is 14.2. The summed E-state index contributed by atoms with van der Waals surface area (Å²) in [7, 11) is 1.64. The summed E-state index contributed by atoms with van der Waals surface area (Å²) >= 11 is 0. The summed E-state index contributed by atoms with van der Waals surface area (Å²) in [6.07, 6.45) is 3.48. The van der Waals surface area contributed by atoms with Crippen molar-refractivity contribution >= 4 is 22.5 Å². The van der Waals surface area contributed by atoms with Gasteiger partial charge in [0.1, 0.15) is 17.4 Å². The molecular weight excluding hydrogens is 412 g/mol.